The molecule has 0 aliphatic heterocycles. The van der Waals surface area contributed by atoms with Gasteiger partial charge in [-0.05, 0) is 46.5 Å². The van der Waals surface area contributed by atoms with Crippen LogP contribution in [0.4, 0.5) is 5.69 Å². The second kappa shape index (κ2) is 9.88. The molecule has 0 aliphatic rings. The van der Waals surface area contributed by atoms with Crippen LogP contribution in [-0.4, -0.2) is 15.0 Å². The van der Waals surface area contributed by atoms with Crippen molar-refractivity contribution in [3.63, 3.8) is 0 Å². The molecule has 6 rings (SSSR count). The van der Waals surface area contributed by atoms with Gasteiger partial charge in [-0.1, -0.05) is 109 Å². The molecule has 0 radical (unpaired) electrons. The molecule has 0 saturated heterocycles. The summed E-state index contributed by atoms with van der Waals surface area (Å²) >= 11 is 0. The predicted octanol–water partition coefficient (Wildman–Crippen LogP) is 7.79. The van der Waals surface area contributed by atoms with Crippen LogP contribution >= 0.6 is 0 Å². The minimum Gasteiger partial charge on any atom is -0.399 e. The van der Waals surface area contributed by atoms with Gasteiger partial charge in [0.2, 0.25) is 0 Å². The summed E-state index contributed by atoms with van der Waals surface area (Å²) in [4.78, 5) is 14.5. The van der Waals surface area contributed by atoms with Crippen LogP contribution in [-0.2, 0) is 0 Å². The van der Waals surface area contributed by atoms with Crippen LogP contribution in [0, 0.1) is 0 Å². The maximum atomic E-state index is 5.88. The van der Waals surface area contributed by atoms with E-state index in [1.165, 1.54) is 0 Å². The fourth-order valence-corrected chi connectivity index (χ4v) is 4.33. The molecule has 1 aromatic heterocycles. The second-order valence-corrected chi connectivity index (χ2v) is 8.82. The number of hydrogen-bond acceptors (Lipinski definition) is 4. The minimum atomic E-state index is 0.643. The van der Waals surface area contributed by atoms with E-state index in [0.717, 1.165) is 44.6 Å². The van der Waals surface area contributed by atoms with Gasteiger partial charge in [0.1, 0.15) is 0 Å². The lowest BCUT2D eigenvalue weighted by Gasteiger charge is -2.10. The Hall–Kier alpha value is -5.09. The summed E-state index contributed by atoms with van der Waals surface area (Å²) in [7, 11) is 0. The molecule has 5 aromatic carbocycles. The predicted molar refractivity (Wildman–Crippen MR) is 151 cm³/mol. The Morgan fingerprint density at radius 2 is 0.703 bits per heavy atom. The molecule has 0 aliphatic carbocycles. The summed E-state index contributed by atoms with van der Waals surface area (Å²) in [5, 5.41) is 0. The Kier molecular flexibility index (Phi) is 5.97. The number of nitrogens with zero attached hydrogens (tertiary/aromatic N) is 3. The van der Waals surface area contributed by atoms with E-state index in [1.807, 2.05) is 91.0 Å². The van der Waals surface area contributed by atoms with Crippen LogP contribution in [0.2, 0.25) is 0 Å². The second-order valence-electron chi connectivity index (χ2n) is 8.82. The number of benzene rings is 5. The quantitative estimate of drug-likeness (QED) is 0.258. The van der Waals surface area contributed by atoms with Crippen LogP contribution in [0.25, 0.3) is 56.4 Å². The van der Waals surface area contributed by atoms with Crippen molar-refractivity contribution in [2.24, 2.45) is 0 Å². The molecule has 176 valence electrons. The normalized spacial score (nSPS) is 10.8. The standard InChI is InChI=1S/C33H24N4/c34-30-19-17-23(18-20-30)26-13-7-14-27(21-26)28-15-8-16-29(22-28)33-36-31(24-9-3-1-4-10-24)35-32(37-33)25-11-5-2-6-12-25/h1-22H,34H2. The molecule has 0 spiro atoms. The van der Waals surface area contributed by atoms with Crippen molar-refractivity contribution in [2.45, 2.75) is 0 Å². The van der Waals surface area contributed by atoms with E-state index in [-0.39, 0.29) is 0 Å². The molecule has 0 saturated carbocycles. The van der Waals surface area contributed by atoms with Crippen molar-refractivity contribution in [1.29, 1.82) is 0 Å². The van der Waals surface area contributed by atoms with Crippen LogP contribution in [0.3, 0.4) is 0 Å². The summed E-state index contributed by atoms with van der Waals surface area (Å²) < 4.78 is 0. The van der Waals surface area contributed by atoms with E-state index in [2.05, 4.69) is 42.5 Å². The monoisotopic (exact) mass is 476 g/mol. The molecule has 0 amide bonds. The fraction of sp³-hybridized carbons (Fsp3) is 0. The van der Waals surface area contributed by atoms with Crippen molar-refractivity contribution < 1.29 is 0 Å². The maximum absolute atomic E-state index is 5.88. The number of anilines is 1. The highest BCUT2D eigenvalue weighted by Crippen LogP contribution is 2.30. The first kappa shape index (κ1) is 22.4. The summed E-state index contributed by atoms with van der Waals surface area (Å²) in [6, 6.07) is 44.9. The molecule has 0 fully saturated rings. The van der Waals surface area contributed by atoms with Crippen LogP contribution in [0.1, 0.15) is 0 Å². The van der Waals surface area contributed by atoms with Gasteiger partial charge in [0.15, 0.2) is 17.5 Å². The van der Waals surface area contributed by atoms with E-state index in [9.17, 15) is 0 Å². The van der Waals surface area contributed by atoms with Gasteiger partial charge in [0.05, 0.1) is 0 Å². The minimum absolute atomic E-state index is 0.643. The first-order valence-electron chi connectivity index (χ1n) is 12.2. The first-order chi connectivity index (χ1) is 18.2. The highest BCUT2D eigenvalue weighted by molar-refractivity contribution is 5.77. The highest BCUT2D eigenvalue weighted by atomic mass is 15.0. The van der Waals surface area contributed by atoms with Gasteiger partial charge >= 0.3 is 0 Å². The Labute approximate surface area is 216 Å². The maximum Gasteiger partial charge on any atom is 0.164 e. The number of nitrogens with two attached hydrogens (primary N) is 1. The van der Waals surface area contributed by atoms with Crippen molar-refractivity contribution in [3.05, 3.63) is 133 Å². The van der Waals surface area contributed by atoms with Gasteiger partial charge in [-0.15, -0.1) is 0 Å². The van der Waals surface area contributed by atoms with E-state index < -0.39 is 0 Å². The zero-order valence-electron chi connectivity index (χ0n) is 20.1. The summed E-state index contributed by atoms with van der Waals surface area (Å²) in [6.07, 6.45) is 0. The van der Waals surface area contributed by atoms with Gasteiger partial charge < -0.3 is 5.73 Å². The van der Waals surface area contributed by atoms with E-state index in [1.54, 1.807) is 0 Å². The number of nitrogen functional groups attached to an aromatic ring is 1. The van der Waals surface area contributed by atoms with E-state index in [4.69, 9.17) is 20.7 Å². The van der Waals surface area contributed by atoms with Gasteiger partial charge in [-0.25, -0.2) is 15.0 Å². The fourth-order valence-electron chi connectivity index (χ4n) is 4.33. The zero-order valence-corrected chi connectivity index (χ0v) is 20.1. The summed E-state index contributed by atoms with van der Waals surface area (Å²) in [5.41, 5.74) is 14.0. The number of rotatable bonds is 5. The Morgan fingerprint density at radius 3 is 1.22 bits per heavy atom. The van der Waals surface area contributed by atoms with Gasteiger partial charge in [-0.2, -0.15) is 0 Å². The summed E-state index contributed by atoms with van der Waals surface area (Å²) in [5.74, 6) is 1.95. The molecule has 2 N–H and O–H groups in total. The third-order valence-electron chi connectivity index (χ3n) is 6.26. The molecule has 37 heavy (non-hydrogen) atoms. The highest BCUT2D eigenvalue weighted by Gasteiger charge is 2.13. The largest absolute Gasteiger partial charge is 0.399 e. The van der Waals surface area contributed by atoms with E-state index >= 15 is 0 Å². The summed E-state index contributed by atoms with van der Waals surface area (Å²) in [6.45, 7) is 0. The number of hydrogen-bond donors (Lipinski definition) is 1. The lowest BCUT2D eigenvalue weighted by atomic mass is 9.98. The van der Waals surface area contributed by atoms with Crippen LogP contribution in [0.5, 0.6) is 0 Å². The lowest BCUT2D eigenvalue weighted by Crippen LogP contribution is -2.00. The van der Waals surface area contributed by atoms with Crippen molar-refractivity contribution in [2.75, 3.05) is 5.73 Å². The van der Waals surface area contributed by atoms with Gasteiger partial charge in [0.25, 0.3) is 0 Å². The van der Waals surface area contributed by atoms with Gasteiger partial charge in [0, 0.05) is 22.4 Å². The third kappa shape index (κ3) is 4.86. The average molecular weight is 477 g/mol. The smallest absolute Gasteiger partial charge is 0.164 e. The molecular weight excluding hydrogens is 452 g/mol. The van der Waals surface area contributed by atoms with E-state index in [0.29, 0.717) is 17.5 Å². The Balaban J connectivity index is 1.44. The third-order valence-corrected chi connectivity index (χ3v) is 6.26. The molecule has 1 heterocycles. The molecule has 6 aromatic rings. The van der Waals surface area contributed by atoms with Crippen LogP contribution < -0.4 is 5.73 Å². The average Bonchev–Trinajstić information content (AvgIpc) is 2.98. The Morgan fingerprint density at radius 1 is 0.324 bits per heavy atom. The topological polar surface area (TPSA) is 64.7 Å². The molecule has 4 heteroatoms. The molecule has 4 nitrogen and oxygen atoms in total. The van der Waals surface area contributed by atoms with Crippen molar-refractivity contribution in [3.8, 4) is 56.4 Å². The molecule has 0 bridgehead atoms. The Bertz CT molecular complexity index is 1600. The van der Waals surface area contributed by atoms with Gasteiger partial charge in [-0.3, -0.25) is 0 Å². The zero-order chi connectivity index (χ0) is 25.0. The lowest BCUT2D eigenvalue weighted by molar-refractivity contribution is 1.07. The first-order valence-corrected chi connectivity index (χ1v) is 12.2. The SMILES string of the molecule is Nc1ccc(-c2cccc(-c3cccc(-c4nc(-c5ccccc5)nc(-c5ccccc5)n4)c3)c2)cc1. The van der Waals surface area contributed by atoms with Crippen molar-refractivity contribution in [1.82, 2.24) is 15.0 Å². The number of aromatic nitrogens is 3. The molecule has 0 unspecified atom stereocenters. The molecule has 0 atom stereocenters. The van der Waals surface area contributed by atoms with Crippen LogP contribution in [0.15, 0.2) is 133 Å². The van der Waals surface area contributed by atoms with Crippen molar-refractivity contribution >= 4 is 5.69 Å². The molecular formula is C33H24N4.